The zero-order chi connectivity index (χ0) is 19.5. The number of hydrogen-bond donors (Lipinski definition) is 1. The standard InChI is InChI=1S/C15H14BrF3N2O3S2/c1-21(9-10-4-2-3-5-11(10)15(17,18)19)13(22)8-20-26(23,24)14-7-6-12(16)25-14/h2-7,20H,8-9H2,1H3. The molecule has 1 aromatic heterocycles. The van der Waals surface area contributed by atoms with Crippen molar-refractivity contribution in [3.05, 3.63) is 51.3 Å². The molecule has 2 aromatic rings. The fourth-order valence-corrected chi connectivity index (χ4v) is 5.11. The molecule has 1 N–H and O–H groups in total. The Hall–Kier alpha value is -1.43. The molecule has 2 rings (SSSR count). The Morgan fingerprint density at radius 2 is 1.88 bits per heavy atom. The van der Waals surface area contributed by atoms with Crippen molar-refractivity contribution in [2.24, 2.45) is 0 Å². The molecule has 0 aliphatic heterocycles. The van der Waals surface area contributed by atoms with Gasteiger partial charge in [0.1, 0.15) is 4.21 Å². The van der Waals surface area contributed by atoms with E-state index in [-0.39, 0.29) is 16.3 Å². The number of carbonyl (C=O) groups is 1. The van der Waals surface area contributed by atoms with Crippen LogP contribution >= 0.6 is 27.3 Å². The summed E-state index contributed by atoms with van der Waals surface area (Å²) in [6, 6.07) is 7.86. The zero-order valence-electron chi connectivity index (χ0n) is 13.4. The highest BCUT2D eigenvalue weighted by Gasteiger charge is 2.33. The van der Waals surface area contributed by atoms with Crippen molar-refractivity contribution in [2.45, 2.75) is 16.9 Å². The average Bonchev–Trinajstić information content (AvgIpc) is 2.99. The Morgan fingerprint density at radius 3 is 2.46 bits per heavy atom. The lowest BCUT2D eigenvalue weighted by Crippen LogP contribution is -2.37. The number of amides is 1. The van der Waals surface area contributed by atoms with Crippen molar-refractivity contribution in [1.82, 2.24) is 9.62 Å². The largest absolute Gasteiger partial charge is 0.416 e. The van der Waals surface area contributed by atoms with Crippen molar-refractivity contribution in [1.29, 1.82) is 0 Å². The minimum atomic E-state index is -4.53. The second-order valence-electron chi connectivity index (χ2n) is 5.29. The van der Waals surface area contributed by atoms with E-state index >= 15 is 0 Å². The van der Waals surface area contributed by atoms with Gasteiger partial charge in [-0.25, -0.2) is 13.1 Å². The maximum Gasteiger partial charge on any atom is 0.416 e. The second kappa shape index (κ2) is 8.07. The third-order valence-corrected chi connectivity index (χ3v) is 6.90. The summed E-state index contributed by atoms with van der Waals surface area (Å²) in [7, 11) is -2.55. The highest BCUT2D eigenvalue weighted by atomic mass is 79.9. The lowest BCUT2D eigenvalue weighted by atomic mass is 10.1. The molecule has 0 bridgehead atoms. The summed E-state index contributed by atoms with van der Waals surface area (Å²) in [6.45, 7) is -0.844. The fraction of sp³-hybridized carbons (Fsp3) is 0.267. The van der Waals surface area contributed by atoms with Crippen LogP contribution in [0.15, 0.2) is 44.4 Å². The van der Waals surface area contributed by atoms with E-state index in [4.69, 9.17) is 0 Å². The normalized spacial score (nSPS) is 12.2. The Labute approximate surface area is 161 Å². The minimum Gasteiger partial charge on any atom is -0.340 e. The van der Waals surface area contributed by atoms with E-state index in [0.29, 0.717) is 3.79 Å². The van der Waals surface area contributed by atoms with E-state index in [0.717, 1.165) is 22.3 Å². The van der Waals surface area contributed by atoms with Crippen LogP contribution in [0.3, 0.4) is 0 Å². The number of likely N-dealkylation sites (N-methyl/N-ethyl adjacent to an activating group) is 1. The predicted molar refractivity (Wildman–Crippen MR) is 95.1 cm³/mol. The SMILES string of the molecule is CN(Cc1ccccc1C(F)(F)F)C(=O)CNS(=O)(=O)c1ccc(Br)s1. The Morgan fingerprint density at radius 1 is 1.23 bits per heavy atom. The van der Waals surface area contributed by atoms with Gasteiger partial charge in [-0.1, -0.05) is 18.2 Å². The molecule has 0 aliphatic carbocycles. The summed E-state index contributed by atoms with van der Waals surface area (Å²) in [5.74, 6) is -0.652. The van der Waals surface area contributed by atoms with Crippen LogP contribution in [0.4, 0.5) is 13.2 Å². The molecular weight excluding hydrogens is 457 g/mol. The summed E-state index contributed by atoms with van der Waals surface area (Å²) in [5.41, 5.74) is -0.899. The minimum absolute atomic E-state index is 0.0299. The van der Waals surface area contributed by atoms with Gasteiger partial charge in [0, 0.05) is 13.6 Å². The van der Waals surface area contributed by atoms with Crippen LogP contribution in [0.2, 0.25) is 0 Å². The van der Waals surface area contributed by atoms with Gasteiger partial charge in [0.25, 0.3) is 10.0 Å². The van der Waals surface area contributed by atoms with Crippen LogP contribution in [0.1, 0.15) is 11.1 Å². The molecule has 11 heteroatoms. The molecule has 0 atom stereocenters. The third kappa shape index (κ3) is 5.29. The van der Waals surface area contributed by atoms with Gasteiger partial charge in [0.2, 0.25) is 5.91 Å². The number of hydrogen-bond acceptors (Lipinski definition) is 4. The van der Waals surface area contributed by atoms with Gasteiger partial charge in [-0.05, 0) is 39.7 Å². The number of rotatable bonds is 6. The first kappa shape index (κ1) is 20.9. The van der Waals surface area contributed by atoms with Gasteiger partial charge < -0.3 is 4.90 Å². The van der Waals surface area contributed by atoms with Crippen LogP contribution in [0.25, 0.3) is 0 Å². The van der Waals surface area contributed by atoms with E-state index < -0.39 is 34.2 Å². The Kier molecular flexibility index (Phi) is 6.48. The fourth-order valence-electron chi connectivity index (χ4n) is 2.08. The molecule has 1 heterocycles. The predicted octanol–water partition coefficient (Wildman–Crippen LogP) is 3.47. The zero-order valence-corrected chi connectivity index (χ0v) is 16.6. The third-order valence-electron chi connectivity index (χ3n) is 3.38. The van der Waals surface area contributed by atoms with Gasteiger partial charge in [-0.3, -0.25) is 4.79 Å². The number of halogens is 4. The first-order valence-corrected chi connectivity index (χ1v) is 10.2. The molecule has 0 spiro atoms. The maximum absolute atomic E-state index is 13.0. The van der Waals surface area contributed by atoms with Crippen LogP contribution in [-0.4, -0.2) is 32.8 Å². The lowest BCUT2D eigenvalue weighted by molar-refractivity contribution is -0.139. The molecular formula is C15H14BrF3N2O3S2. The second-order valence-corrected chi connectivity index (χ2v) is 9.74. The van der Waals surface area contributed by atoms with Gasteiger partial charge >= 0.3 is 6.18 Å². The molecule has 1 aromatic carbocycles. The molecule has 26 heavy (non-hydrogen) atoms. The van der Waals surface area contributed by atoms with Crippen molar-refractivity contribution in [3.8, 4) is 0 Å². The summed E-state index contributed by atoms with van der Waals surface area (Å²) in [4.78, 5) is 13.1. The summed E-state index contributed by atoms with van der Waals surface area (Å²) in [5, 5.41) is 0. The lowest BCUT2D eigenvalue weighted by Gasteiger charge is -2.20. The van der Waals surface area contributed by atoms with Crippen LogP contribution in [0, 0.1) is 0 Å². The van der Waals surface area contributed by atoms with E-state index in [1.54, 1.807) is 6.07 Å². The summed E-state index contributed by atoms with van der Waals surface area (Å²) >= 11 is 4.13. The van der Waals surface area contributed by atoms with Crippen molar-refractivity contribution in [3.63, 3.8) is 0 Å². The quantitative estimate of drug-likeness (QED) is 0.702. The number of nitrogens with zero attached hydrogens (tertiary/aromatic N) is 1. The monoisotopic (exact) mass is 470 g/mol. The van der Waals surface area contributed by atoms with Gasteiger partial charge in [0.15, 0.2) is 0 Å². The number of thiophene rings is 1. The van der Waals surface area contributed by atoms with E-state index in [9.17, 15) is 26.4 Å². The molecule has 0 saturated heterocycles. The number of nitrogens with one attached hydrogen (secondary N) is 1. The smallest absolute Gasteiger partial charge is 0.340 e. The molecule has 5 nitrogen and oxygen atoms in total. The number of sulfonamides is 1. The van der Waals surface area contributed by atoms with Crippen molar-refractivity contribution >= 4 is 43.2 Å². The van der Waals surface area contributed by atoms with E-state index in [1.807, 2.05) is 0 Å². The molecule has 0 saturated carbocycles. The maximum atomic E-state index is 13.0. The molecule has 142 valence electrons. The highest BCUT2D eigenvalue weighted by molar-refractivity contribution is 9.11. The van der Waals surface area contributed by atoms with Crippen molar-refractivity contribution in [2.75, 3.05) is 13.6 Å². The van der Waals surface area contributed by atoms with Gasteiger partial charge in [0.05, 0.1) is 15.9 Å². The Balaban J connectivity index is 2.03. The summed E-state index contributed by atoms with van der Waals surface area (Å²) < 4.78 is 65.9. The first-order chi connectivity index (χ1) is 12.0. The first-order valence-electron chi connectivity index (χ1n) is 7.15. The molecule has 0 aliphatic rings. The highest BCUT2D eigenvalue weighted by Crippen LogP contribution is 2.32. The molecule has 0 fully saturated rings. The van der Waals surface area contributed by atoms with E-state index in [2.05, 4.69) is 20.7 Å². The van der Waals surface area contributed by atoms with E-state index in [1.165, 1.54) is 31.3 Å². The van der Waals surface area contributed by atoms with Gasteiger partial charge in [-0.2, -0.15) is 13.2 Å². The number of carbonyl (C=O) groups excluding carboxylic acids is 1. The number of benzene rings is 1. The Bertz CT molecular complexity index is 898. The van der Waals surface area contributed by atoms with Crippen molar-refractivity contribution < 1.29 is 26.4 Å². The average molecular weight is 471 g/mol. The van der Waals surface area contributed by atoms with Crippen LogP contribution in [0.5, 0.6) is 0 Å². The van der Waals surface area contributed by atoms with Crippen LogP contribution < -0.4 is 4.72 Å². The molecule has 0 radical (unpaired) electrons. The number of alkyl halides is 3. The van der Waals surface area contributed by atoms with Crippen LogP contribution in [-0.2, 0) is 27.5 Å². The van der Waals surface area contributed by atoms with Gasteiger partial charge in [-0.15, -0.1) is 11.3 Å². The molecule has 1 amide bonds. The topological polar surface area (TPSA) is 66.5 Å². The molecule has 0 unspecified atom stereocenters. The summed E-state index contributed by atoms with van der Waals surface area (Å²) in [6.07, 6.45) is -4.53.